The average molecular weight is 171 g/mol. The first-order chi connectivity index (χ1) is 5.68. The molecule has 2 unspecified atom stereocenters. The lowest BCUT2D eigenvalue weighted by atomic mass is 10.2. The summed E-state index contributed by atoms with van der Waals surface area (Å²) < 4.78 is 12.7. The van der Waals surface area contributed by atoms with Gasteiger partial charge in [0.15, 0.2) is 0 Å². The Morgan fingerprint density at radius 1 is 1.50 bits per heavy atom. The molecule has 0 radical (unpaired) electrons. The van der Waals surface area contributed by atoms with Crippen LogP contribution in [0, 0.1) is 0 Å². The average Bonchev–Trinajstić information content (AvgIpc) is 2.35. The van der Waals surface area contributed by atoms with Crippen molar-refractivity contribution in [3.05, 3.63) is 11.6 Å². The van der Waals surface area contributed by atoms with Gasteiger partial charge in [0.1, 0.15) is 6.17 Å². The Balaban J connectivity index is 2.12. The molecule has 0 amide bonds. The van der Waals surface area contributed by atoms with Gasteiger partial charge in [0.05, 0.1) is 0 Å². The molecule has 0 bridgehead atoms. The maximum absolute atomic E-state index is 12.7. The zero-order chi connectivity index (χ0) is 8.97. The molecule has 0 aromatic heterocycles. The number of hydrogen-bond acceptors (Lipinski definition) is 1. The lowest BCUT2D eigenvalue weighted by Gasteiger charge is -2.09. The fraction of sp³-hybridized carbons (Fsp3) is 0.800. The third-order valence-electron chi connectivity index (χ3n) is 2.29. The van der Waals surface area contributed by atoms with Crippen LogP contribution >= 0.6 is 0 Å². The van der Waals surface area contributed by atoms with Crippen LogP contribution in [-0.4, -0.2) is 18.8 Å². The minimum atomic E-state index is -0.561. The summed E-state index contributed by atoms with van der Waals surface area (Å²) in [6, 6.07) is 0.413. The number of alkyl halides is 1. The first-order valence-electron chi connectivity index (χ1n) is 4.69. The third-order valence-corrected chi connectivity index (χ3v) is 2.29. The van der Waals surface area contributed by atoms with E-state index in [9.17, 15) is 4.39 Å². The van der Waals surface area contributed by atoms with Crippen LogP contribution in [0.2, 0.25) is 0 Å². The number of nitrogens with one attached hydrogen (secondary N) is 1. The summed E-state index contributed by atoms with van der Waals surface area (Å²) in [5.41, 5.74) is 1.32. The van der Waals surface area contributed by atoms with E-state index in [0.717, 1.165) is 19.4 Å². The molecule has 0 aromatic carbocycles. The van der Waals surface area contributed by atoms with E-state index in [1.54, 1.807) is 0 Å². The van der Waals surface area contributed by atoms with Crippen LogP contribution in [0.4, 0.5) is 4.39 Å². The molecule has 0 aliphatic heterocycles. The predicted octanol–water partition coefficient (Wildman–Crippen LogP) is 2.43. The Morgan fingerprint density at radius 3 is 2.75 bits per heavy atom. The standard InChI is InChI=1S/C10H18FN/c1-8(2)5-6-12-10-4-3-9(11)7-10/h5,9-10,12H,3-4,6-7H2,1-2H3. The lowest BCUT2D eigenvalue weighted by Crippen LogP contribution is -2.26. The van der Waals surface area contributed by atoms with Crippen molar-refractivity contribution in [1.82, 2.24) is 5.32 Å². The van der Waals surface area contributed by atoms with Crippen LogP contribution in [0.15, 0.2) is 11.6 Å². The maximum Gasteiger partial charge on any atom is 0.102 e. The number of hydrogen-bond donors (Lipinski definition) is 1. The molecule has 2 atom stereocenters. The summed E-state index contributed by atoms with van der Waals surface area (Å²) in [5.74, 6) is 0. The van der Waals surface area contributed by atoms with Gasteiger partial charge in [0.2, 0.25) is 0 Å². The molecule has 1 rings (SSSR count). The molecule has 1 N–H and O–H groups in total. The topological polar surface area (TPSA) is 12.0 Å². The van der Waals surface area contributed by atoms with E-state index in [2.05, 4.69) is 25.2 Å². The van der Waals surface area contributed by atoms with E-state index in [-0.39, 0.29) is 0 Å². The minimum Gasteiger partial charge on any atom is -0.310 e. The van der Waals surface area contributed by atoms with E-state index in [4.69, 9.17) is 0 Å². The zero-order valence-electron chi connectivity index (χ0n) is 7.94. The molecule has 70 valence electrons. The number of halogens is 1. The van der Waals surface area contributed by atoms with Crippen LogP contribution in [0.5, 0.6) is 0 Å². The second-order valence-electron chi connectivity index (χ2n) is 3.80. The highest BCUT2D eigenvalue weighted by Crippen LogP contribution is 2.21. The van der Waals surface area contributed by atoms with Crippen LogP contribution in [0.3, 0.4) is 0 Å². The fourth-order valence-corrected chi connectivity index (χ4v) is 1.54. The molecule has 0 spiro atoms. The SMILES string of the molecule is CC(C)=CCNC1CCC(F)C1. The second-order valence-corrected chi connectivity index (χ2v) is 3.80. The highest BCUT2D eigenvalue weighted by Gasteiger charge is 2.22. The van der Waals surface area contributed by atoms with Gasteiger partial charge in [-0.3, -0.25) is 0 Å². The van der Waals surface area contributed by atoms with E-state index in [1.165, 1.54) is 5.57 Å². The first kappa shape index (κ1) is 9.72. The molecule has 12 heavy (non-hydrogen) atoms. The molecule has 1 fully saturated rings. The van der Waals surface area contributed by atoms with Gasteiger partial charge in [-0.15, -0.1) is 0 Å². The van der Waals surface area contributed by atoms with E-state index in [1.807, 2.05) is 0 Å². The van der Waals surface area contributed by atoms with Gasteiger partial charge in [-0.2, -0.15) is 0 Å². The van der Waals surface area contributed by atoms with Gasteiger partial charge < -0.3 is 5.32 Å². The highest BCUT2D eigenvalue weighted by atomic mass is 19.1. The van der Waals surface area contributed by atoms with Gasteiger partial charge in [-0.05, 0) is 33.1 Å². The molecule has 1 aliphatic rings. The van der Waals surface area contributed by atoms with Crippen molar-refractivity contribution in [2.75, 3.05) is 6.54 Å². The van der Waals surface area contributed by atoms with E-state index in [0.29, 0.717) is 12.5 Å². The molecule has 2 heteroatoms. The van der Waals surface area contributed by atoms with Crippen molar-refractivity contribution < 1.29 is 4.39 Å². The van der Waals surface area contributed by atoms with Crippen molar-refractivity contribution in [2.24, 2.45) is 0 Å². The Bertz CT molecular complexity index is 161. The predicted molar refractivity (Wildman–Crippen MR) is 50.0 cm³/mol. The van der Waals surface area contributed by atoms with E-state index < -0.39 is 6.17 Å². The third kappa shape index (κ3) is 3.35. The van der Waals surface area contributed by atoms with Crippen LogP contribution in [-0.2, 0) is 0 Å². The number of rotatable bonds is 3. The summed E-state index contributed by atoms with van der Waals surface area (Å²) in [6.07, 6.45) is 4.03. The Hall–Kier alpha value is -0.370. The Kier molecular flexibility index (Phi) is 3.73. The van der Waals surface area contributed by atoms with Crippen LogP contribution < -0.4 is 5.32 Å². The molecule has 0 heterocycles. The summed E-state index contributed by atoms with van der Waals surface area (Å²) >= 11 is 0. The number of allylic oxidation sites excluding steroid dienone is 1. The van der Waals surface area contributed by atoms with Crippen molar-refractivity contribution in [2.45, 2.75) is 45.3 Å². The van der Waals surface area contributed by atoms with Crippen molar-refractivity contribution in [1.29, 1.82) is 0 Å². The summed E-state index contributed by atoms with van der Waals surface area (Å²) in [7, 11) is 0. The van der Waals surface area contributed by atoms with Crippen molar-refractivity contribution in [3.63, 3.8) is 0 Å². The zero-order valence-corrected chi connectivity index (χ0v) is 7.94. The molecule has 1 aliphatic carbocycles. The molecular formula is C10H18FN. The van der Waals surface area contributed by atoms with E-state index >= 15 is 0 Å². The summed E-state index contributed by atoms with van der Waals surface area (Å²) in [4.78, 5) is 0. The normalized spacial score (nSPS) is 28.9. The van der Waals surface area contributed by atoms with Gasteiger partial charge in [0, 0.05) is 12.6 Å². The summed E-state index contributed by atoms with van der Waals surface area (Å²) in [5, 5.41) is 3.33. The highest BCUT2D eigenvalue weighted by molar-refractivity contribution is 4.95. The minimum absolute atomic E-state index is 0.413. The van der Waals surface area contributed by atoms with Crippen LogP contribution in [0.25, 0.3) is 0 Å². The Morgan fingerprint density at radius 2 is 2.25 bits per heavy atom. The van der Waals surface area contributed by atoms with Gasteiger partial charge in [-0.25, -0.2) is 4.39 Å². The maximum atomic E-state index is 12.7. The van der Waals surface area contributed by atoms with Crippen molar-refractivity contribution >= 4 is 0 Å². The van der Waals surface area contributed by atoms with Gasteiger partial charge >= 0.3 is 0 Å². The fourth-order valence-electron chi connectivity index (χ4n) is 1.54. The molecule has 0 saturated heterocycles. The van der Waals surface area contributed by atoms with Crippen LogP contribution in [0.1, 0.15) is 33.1 Å². The van der Waals surface area contributed by atoms with Crippen molar-refractivity contribution in [3.8, 4) is 0 Å². The first-order valence-corrected chi connectivity index (χ1v) is 4.69. The van der Waals surface area contributed by atoms with Gasteiger partial charge in [0.25, 0.3) is 0 Å². The monoisotopic (exact) mass is 171 g/mol. The lowest BCUT2D eigenvalue weighted by molar-refractivity contribution is 0.335. The molecular weight excluding hydrogens is 153 g/mol. The smallest absolute Gasteiger partial charge is 0.102 e. The largest absolute Gasteiger partial charge is 0.310 e. The molecule has 0 aromatic rings. The Labute approximate surface area is 74.0 Å². The quantitative estimate of drug-likeness (QED) is 0.643. The second kappa shape index (κ2) is 4.61. The molecule has 1 saturated carbocycles. The molecule has 1 nitrogen and oxygen atoms in total. The van der Waals surface area contributed by atoms with Gasteiger partial charge in [-0.1, -0.05) is 11.6 Å². The summed E-state index contributed by atoms with van der Waals surface area (Å²) in [6.45, 7) is 5.04.